The van der Waals surface area contributed by atoms with Gasteiger partial charge in [0, 0.05) is 0 Å². The van der Waals surface area contributed by atoms with Crippen LogP contribution in [0.3, 0.4) is 0 Å². The first kappa shape index (κ1) is 16.3. The summed E-state index contributed by atoms with van der Waals surface area (Å²) in [5.74, 6) is 3.93. The molecule has 4 fully saturated rings. The largest absolute Gasteiger partial charge is 0.0677 e. The lowest BCUT2D eigenvalue weighted by atomic mass is 9.84. The molecule has 24 heavy (non-hydrogen) atoms. The normalized spacial score (nSPS) is 52.3. The molecule has 2 heteroatoms. The molecule has 0 radical (unpaired) electrons. The van der Waals surface area contributed by atoms with Crippen molar-refractivity contribution in [3.8, 4) is 0 Å². The van der Waals surface area contributed by atoms with Crippen LogP contribution in [0.5, 0.6) is 0 Å². The average Bonchev–Trinajstić information content (AvgIpc) is 3.24. The monoisotopic (exact) mass is 358 g/mol. The maximum absolute atomic E-state index is 2.58. The molecule has 1 aromatic rings. The third-order valence-corrected chi connectivity index (χ3v) is 15.8. The second kappa shape index (κ2) is 5.79. The highest BCUT2D eigenvalue weighted by atomic mass is 31.1. The molecule has 0 aliphatic carbocycles. The SMILES string of the molecule is C[C@H]1C[C@@H]2[C@@H](C)C[C@H]1P2c1ccccc1P1[C@@H]2C[C@H](C)[C@H]1C[C@@H]2C. The van der Waals surface area contributed by atoms with Crippen LogP contribution in [0, 0.1) is 23.7 Å². The molecule has 0 aromatic heterocycles. The summed E-state index contributed by atoms with van der Waals surface area (Å²) >= 11 is 0. The molecule has 4 aliphatic heterocycles. The third-order valence-electron chi connectivity index (χ3n) is 7.95. The van der Waals surface area contributed by atoms with Gasteiger partial charge in [-0.05, 0) is 82.6 Å². The van der Waals surface area contributed by atoms with E-state index in [-0.39, 0.29) is 15.8 Å². The number of hydrogen-bond acceptors (Lipinski definition) is 0. The molecule has 4 bridgehead atoms. The Morgan fingerprint density at radius 3 is 1.17 bits per heavy atom. The van der Waals surface area contributed by atoms with E-state index in [0.29, 0.717) is 0 Å². The number of hydrogen-bond donors (Lipinski definition) is 0. The second-order valence-electron chi connectivity index (χ2n) is 9.42. The summed E-state index contributed by atoms with van der Waals surface area (Å²) in [7, 11) is 0.220. The molecular formula is C22H32P2. The zero-order valence-corrected chi connectivity index (χ0v) is 17.4. The zero-order chi connectivity index (χ0) is 16.6. The zero-order valence-electron chi connectivity index (χ0n) is 15.7. The third kappa shape index (κ3) is 2.18. The van der Waals surface area contributed by atoms with Crippen LogP contribution < -0.4 is 10.6 Å². The Kier molecular flexibility index (Phi) is 3.93. The Morgan fingerprint density at radius 2 is 0.875 bits per heavy atom. The van der Waals surface area contributed by atoms with Crippen molar-refractivity contribution in [2.75, 3.05) is 0 Å². The number of rotatable bonds is 2. The minimum absolute atomic E-state index is 0.110. The molecule has 0 spiro atoms. The van der Waals surface area contributed by atoms with Crippen molar-refractivity contribution < 1.29 is 0 Å². The molecule has 0 amide bonds. The van der Waals surface area contributed by atoms with E-state index in [1.54, 1.807) is 0 Å². The van der Waals surface area contributed by atoms with E-state index < -0.39 is 0 Å². The summed E-state index contributed by atoms with van der Waals surface area (Å²) < 4.78 is 0. The minimum Gasteiger partial charge on any atom is -0.0677 e. The van der Waals surface area contributed by atoms with Crippen LogP contribution in [0.25, 0.3) is 0 Å². The predicted molar refractivity (Wildman–Crippen MR) is 110 cm³/mol. The van der Waals surface area contributed by atoms with Gasteiger partial charge in [0.25, 0.3) is 0 Å². The predicted octanol–water partition coefficient (Wildman–Crippen LogP) is 5.53. The van der Waals surface area contributed by atoms with Crippen LogP contribution in [0.2, 0.25) is 0 Å². The number of benzene rings is 1. The summed E-state index contributed by atoms with van der Waals surface area (Å²) in [4.78, 5) is 0. The molecular weight excluding hydrogens is 326 g/mol. The average molecular weight is 358 g/mol. The molecule has 0 nitrogen and oxygen atoms in total. The fraction of sp³-hybridized carbons (Fsp3) is 0.727. The van der Waals surface area contributed by atoms with Crippen molar-refractivity contribution in [1.29, 1.82) is 0 Å². The smallest absolute Gasteiger partial charge is 0.0137 e. The summed E-state index contributed by atoms with van der Waals surface area (Å²) in [6.45, 7) is 10.2. The Balaban J connectivity index is 1.56. The van der Waals surface area contributed by atoms with E-state index >= 15 is 0 Å². The lowest BCUT2D eigenvalue weighted by Gasteiger charge is -2.27. The first-order valence-electron chi connectivity index (χ1n) is 10.2. The highest BCUT2D eigenvalue weighted by molar-refractivity contribution is 7.74. The quantitative estimate of drug-likeness (QED) is 0.610. The first-order valence-corrected chi connectivity index (χ1v) is 13.2. The van der Waals surface area contributed by atoms with Crippen molar-refractivity contribution >= 4 is 26.5 Å². The second-order valence-corrected chi connectivity index (χ2v) is 14.7. The maximum atomic E-state index is 2.58. The molecule has 5 rings (SSSR count). The molecule has 4 heterocycles. The Morgan fingerprint density at radius 1 is 0.583 bits per heavy atom. The molecule has 130 valence electrons. The Hall–Kier alpha value is 0.0800. The molecule has 1 aromatic carbocycles. The van der Waals surface area contributed by atoms with Gasteiger partial charge < -0.3 is 0 Å². The van der Waals surface area contributed by atoms with Gasteiger partial charge in [-0.2, -0.15) is 0 Å². The van der Waals surface area contributed by atoms with E-state index in [4.69, 9.17) is 0 Å². The van der Waals surface area contributed by atoms with Crippen molar-refractivity contribution in [3.05, 3.63) is 24.3 Å². The summed E-state index contributed by atoms with van der Waals surface area (Å²) in [6, 6.07) is 9.86. The molecule has 0 unspecified atom stereocenters. The van der Waals surface area contributed by atoms with Crippen LogP contribution in [0.4, 0.5) is 0 Å². The Labute approximate surface area is 150 Å². The standard InChI is InChI=1S/C22H32P2/c1-13-9-20-14(2)10-19(13)23(20)17-7-5-6-8-18(17)24-21-12-16(4)22(24)11-15(21)3/h5-8,13-16,19-22H,9-12H2,1-4H3/t13-,14-,15-,16-,19+,20+,21+,22+/m0/s1. The van der Waals surface area contributed by atoms with Gasteiger partial charge in [0.15, 0.2) is 0 Å². The van der Waals surface area contributed by atoms with Crippen molar-refractivity contribution in [3.63, 3.8) is 0 Å². The van der Waals surface area contributed by atoms with Gasteiger partial charge in [-0.3, -0.25) is 0 Å². The van der Waals surface area contributed by atoms with Crippen LogP contribution in [0.15, 0.2) is 24.3 Å². The van der Waals surface area contributed by atoms with Gasteiger partial charge in [0.2, 0.25) is 0 Å². The molecule has 4 aliphatic rings. The summed E-state index contributed by atoms with van der Waals surface area (Å²) in [5.41, 5.74) is 4.13. The van der Waals surface area contributed by atoms with Gasteiger partial charge in [-0.25, -0.2) is 0 Å². The van der Waals surface area contributed by atoms with Crippen LogP contribution in [-0.2, 0) is 0 Å². The van der Waals surface area contributed by atoms with E-state index in [0.717, 1.165) is 46.3 Å². The molecule has 8 atom stereocenters. The minimum atomic E-state index is 0.110. The molecule has 0 saturated carbocycles. The molecule has 0 N–H and O–H groups in total. The van der Waals surface area contributed by atoms with Crippen molar-refractivity contribution in [2.45, 2.75) is 76.0 Å². The fourth-order valence-corrected chi connectivity index (χ4v) is 16.0. The van der Waals surface area contributed by atoms with Crippen LogP contribution >= 0.6 is 15.8 Å². The molecule has 4 saturated heterocycles. The van der Waals surface area contributed by atoms with Gasteiger partial charge in [0.05, 0.1) is 0 Å². The van der Waals surface area contributed by atoms with E-state index in [9.17, 15) is 0 Å². The maximum Gasteiger partial charge on any atom is -0.0137 e. The van der Waals surface area contributed by atoms with Crippen molar-refractivity contribution in [2.24, 2.45) is 23.7 Å². The van der Waals surface area contributed by atoms with Crippen molar-refractivity contribution in [1.82, 2.24) is 0 Å². The van der Waals surface area contributed by atoms with E-state index in [2.05, 4.69) is 52.0 Å². The lowest BCUT2D eigenvalue weighted by molar-refractivity contribution is 0.365. The Bertz CT molecular complexity index is 554. The van der Waals surface area contributed by atoms with E-state index in [1.807, 2.05) is 10.6 Å². The highest BCUT2D eigenvalue weighted by Gasteiger charge is 2.54. The number of fused-ring (bicyclic) bond motifs is 4. The van der Waals surface area contributed by atoms with E-state index in [1.165, 1.54) is 25.7 Å². The topological polar surface area (TPSA) is 0 Å². The van der Waals surface area contributed by atoms with Gasteiger partial charge >= 0.3 is 0 Å². The van der Waals surface area contributed by atoms with Gasteiger partial charge in [0.1, 0.15) is 0 Å². The summed E-state index contributed by atoms with van der Waals surface area (Å²) in [5, 5.41) is 3.75. The van der Waals surface area contributed by atoms with Crippen LogP contribution in [-0.4, -0.2) is 22.6 Å². The van der Waals surface area contributed by atoms with Gasteiger partial charge in [-0.15, -0.1) is 0 Å². The van der Waals surface area contributed by atoms with Gasteiger partial charge in [-0.1, -0.05) is 67.8 Å². The first-order chi connectivity index (χ1) is 11.6. The van der Waals surface area contributed by atoms with Crippen LogP contribution in [0.1, 0.15) is 53.4 Å². The fourth-order valence-electron chi connectivity index (χ4n) is 6.74. The lowest BCUT2D eigenvalue weighted by Crippen LogP contribution is -2.27. The highest BCUT2D eigenvalue weighted by Crippen LogP contribution is 2.70. The summed E-state index contributed by atoms with van der Waals surface area (Å²) in [6.07, 6.45) is 6.07.